The second-order valence-corrected chi connectivity index (χ2v) is 8.02. The van der Waals surface area contributed by atoms with Gasteiger partial charge in [-0.2, -0.15) is 16.7 Å². The summed E-state index contributed by atoms with van der Waals surface area (Å²) in [6.07, 6.45) is 6.58. The van der Waals surface area contributed by atoms with Gasteiger partial charge in [0.2, 0.25) is 5.89 Å². The maximum absolute atomic E-state index is 11.2. The van der Waals surface area contributed by atoms with Gasteiger partial charge in [0.25, 0.3) is 0 Å². The lowest BCUT2D eigenvalue weighted by Gasteiger charge is -2.19. The second-order valence-electron chi connectivity index (χ2n) is 6.73. The van der Waals surface area contributed by atoms with Crippen LogP contribution in [0.2, 0.25) is 0 Å². The van der Waals surface area contributed by atoms with Crippen LogP contribution >= 0.6 is 11.8 Å². The van der Waals surface area contributed by atoms with Crippen LogP contribution in [0.15, 0.2) is 4.52 Å². The molecule has 0 amide bonds. The van der Waals surface area contributed by atoms with E-state index in [1.54, 1.807) is 0 Å². The number of aromatic nitrogens is 2. The highest BCUT2D eigenvalue weighted by molar-refractivity contribution is 7.99. The fourth-order valence-corrected chi connectivity index (χ4v) is 4.60. The molecule has 2 aliphatic rings. The Balaban J connectivity index is 1.58. The summed E-state index contributed by atoms with van der Waals surface area (Å²) in [5.74, 6) is 0.632. The average Bonchev–Trinajstić information content (AvgIpc) is 2.83. The number of carboxylic acid groups (broad SMARTS) is 1. The van der Waals surface area contributed by atoms with E-state index >= 15 is 0 Å². The quantitative estimate of drug-likeness (QED) is 0.897. The highest BCUT2D eigenvalue weighted by Crippen LogP contribution is 2.64. The molecule has 1 aromatic heterocycles. The van der Waals surface area contributed by atoms with Gasteiger partial charge in [-0.3, -0.25) is 4.79 Å². The van der Waals surface area contributed by atoms with Crippen LogP contribution in [0.3, 0.4) is 0 Å². The molecule has 2 atom stereocenters. The molecule has 2 fully saturated rings. The van der Waals surface area contributed by atoms with Gasteiger partial charge in [0.1, 0.15) is 0 Å². The van der Waals surface area contributed by atoms with Crippen molar-refractivity contribution in [2.75, 3.05) is 0 Å². The van der Waals surface area contributed by atoms with Gasteiger partial charge >= 0.3 is 5.97 Å². The largest absolute Gasteiger partial charge is 0.481 e. The van der Waals surface area contributed by atoms with E-state index in [9.17, 15) is 9.90 Å². The van der Waals surface area contributed by atoms with Crippen LogP contribution in [0.5, 0.6) is 0 Å². The number of carbonyl (C=O) groups is 1. The summed E-state index contributed by atoms with van der Waals surface area (Å²) >= 11 is 1.90. The second kappa shape index (κ2) is 5.63. The van der Waals surface area contributed by atoms with E-state index in [-0.39, 0.29) is 11.3 Å². The molecule has 0 saturated heterocycles. The molecule has 6 heteroatoms. The first-order chi connectivity index (χ1) is 10.00. The van der Waals surface area contributed by atoms with Crippen LogP contribution < -0.4 is 0 Å². The van der Waals surface area contributed by atoms with Gasteiger partial charge in [-0.05, 0) is 18.3 Å². The Bertz CT molecular complexity index is 523. The molecule has 0 spiro atoms. The standard InChI is InChI=1S/C15H22N2O3S/c1-15(2)11(12(15)14(18)19)13-16-10(17-20-13)8-21-9-6-4-3-5-7-9/h9,11-12H,3-8H2,1-2H3,(H,18,19). The van der Waals surface area contributed by atoms with E-state index in [0.29, 0.717) is 17.0 Å². The van der Waals surface area contributed by atoms with Gasteiger partial charge in [-0.15, -0.1) is 0 Å². The van der Waals surface area contributed by atoms with E-state index in [1.165, 1.54) is 32.1 Å². The Morgan fingerprint density at radius 1 is 1.38 bits per heavy atom. The average molecular weight is 310 g/mol. The van der Waals surface area contributed by atoms with Crippen LogP contribution in [-0.2, 0) is 10.5 Å². The highest BCUT2D eigenvalue weighted by Gasteiger charge is 2.65. The van der Waals surface area contributed by atoms with Crippen molar-refractivity contribution in [3.8, 4) is 0 Å². The summed E-state index contributed by atoms with van der Waals surface area (Å²) in [5, 5.41) is 13.9. The minimum absolute atomic E-state index is 0.143. The summed E-state index contributed by atoms with van der Waals surface area (Å²) in [5.41, 5.74) is -0.286. The number of hydrogen-bond acceptors (Lipinski definition) is 5. The molecule has 1 N–H and O–H groups in total. The minimum atomic E-state index is -0.777. The molecule has 0 radical (unpaired) electrons. The fourth-order valence-electron chi connectivity index (χ4n) is 3.44. The molecule has 1 aromatic rings. The third-order valence-corrected chi connectivity index (χ3v) is 6.21. The molecule has 5 nitrogen and oxygen atoms in total. The Hall–Kier alpha value is -1.04. The van der Waals surface area contributed by atoms with Crippen molar-refractivity contribution in [3.63, 3.8) is 0 Å². The molecule has 0 aromatic carbocycles. The Kier molecular flexibility index (Phi) is 3.99. The van der Waals surface area contributed by atoms with Gasteiger partial charge in [-0.25, -0.2) is 0 Å². The normalized spacial score (nSPS) is 28.5. The third-order valence-electron chi connectivity index (χ3n) is 4.84. The van der Waals surface area contributed by atoms with Gasteiger partial charge in [0, 0.05) is 5.25 Å². The van der Waals surface area contributed by atoms with Crippen molar-refractivity contribution in [2.45, 2.75) is 62.9 Å². The zero-order valence-electron chi connectivity index (χ0n) is 12.5. The maximum Gasteiger partial charge on any atom is 0.307 e. The third kappa shape index (κ3) is 2.96. The number of nitrogens with zero attached hydrogens (tertiary/aromatic N) is 2. The number of rotatable bonds is 5. The van der Waals surface area contributed by atoms with E-state index in [2.05, 4.69) is 10.1 Å². The fraction of sp³-hybridized carbons (Fsp3) is 0.800. The molecular weight excluding hydrogens is 288 g/mol. The first-order valence-electron chi connectivity index (χ1n) is 7.67. The van der Waals surface area contributed by atoms with E-state index in [0.717, 1.165) is 5.75 Å². The zero-order valence-corrected chi connectivity index (χ0v) is 13.4. The van der Waals surface area contributed by atoms with E-state index in [4.69, 9.17) is 4.52 Å². The van der Waals surface area contributed by atoms with Crippen molar-refractivity contribution in [2.24, 2.45) is 11.3 Å². The lowest BCUT2D eigenvalue weighted by Crippen LogP contribution is -2.08. The Morgan fingerprint density at radius 3 is 2.71 bits per heavy atom. The SMILES string of the molecule is CC1(C)C(C(=O)O)C1c1nc(CSC2CCCCC2)no1. The molecule has 3 rings (SSSR count). The van der Waals surface area contributed by atoms with Crippen molar-refractivity contribution in [1.29, 1.82) is 0 Å². The van der Waals surface area contributed by atoms with Crippen molar-refractivity contribution >= 4 is 17.7 Å². The number of thioether (sulfide) groups is 1. The molecule has 21 heavy (non-hydrogen) atoms. The van der Waals surface area contributed by atoms with Crippen LogP contribution in [0.1, 0.15) is 63.6 Å². The number of aliphatic carboxylic acids is 1. The van der Waals surface area contributed by atoms with Gasteiger partial charge in [0.15, 0.2) is 5.82 Å². The number of hydrogen-bond donors (Lipinski definition) is 1. The van der Waals surface area contributed by atoms with Crippen LogP contribution in [0.4, 0.5) is 0 Å². The molecule has 116 valence electrons. The minimum Gasteiger partial charge on any atom is -0.481 e. The molecule has 2 unspecified atom stereocenters. The van der Waals surface area contributed by atoms with Crippen LogP contribution in [-0.4, -0.2) is 26.5 Å². The van der Waals surface area contributed by atoms with E-state index in [1.807, 2.05) is 25.6 Å². The lowest BCUT2D eigenvalue weighted by atomic mass is 10.0. The molecule has 2 aliphatic carbocycles. The summed E-state index contributed by atoms with van der Waals surface area (Å²) in [4.78, 5) is 15.6. The highest BCUT2D eigenvalue weighted by atomic mass is 32.2. The molecule has 1 heterocycles. The topological polar surface area (TPSA) is 76.2 Å². The predicted octanol–water partition coefficient (Wildman–Crippen LogP) is 3.46. The van der Waals surface area contributed by atoms with Crippen molar-refractivity contribution in [3.05, 3.63) is 11.7 Å². The molecule has 0 aliphatic heterocycles. The van der Waals surface area contributed by atoms with Crippen molar-refractivity contribution < 1.29 is 14.4 Å². The smallest absolute Gasteiger partial charge is 0.307 e. The maximum atomic E-state index is 11.2. The van der Waals surface area contributed by atoms with Gasteiger partial charge in [-0.1, -0.05) is 38.3 Å². The predicted molar refractivity (Wildman–Crippen MR) is 80.1 cm³/mol. The summed E-state index contributed by atoms with van der Waals surface area (Å²) < 4.78 is 5.31. The molecular formula is C15H22N2O3S. The first kappa shape index (κ1) is 14.9. The number of carboxylic acids is 1. The monoisotopic (exact) mass is 310 g/mol. The summed E-state index contributed by atoms with van der Waals surface area (Å²) in [7, 11) is 0. The Morgan fingerprint density at radius 2 is 2.10 bits per heavy atom. The van der Waals surface area contributed by atoms with Crippen LogP contribution in [0.25, 0.3) is 0 Å². The van der Waals surface area contributed by atoms with E-state index < -0.39 is 11.9 Å². The zero-order chi connectivity index (χ0) is 15.0. The van der Waals surface area contributed by atoms with Crippen molar-refractivity contribution in [1.82, 2.24) is 10.1 Å². The Labute approximate surface area is 128 Å². The summed E-state index contributed by atoms with van der Waals surface area (Å²) in [6.45, 7) is 3.88. The van der Waals surface area contributed by atoms with Crippen LogP contribution in [0, 0.1) is 11.3 Å². The molecule has 0 bridgehead atoms. The van der Waals surface area contributed by atoms with Gasteiger partial charge < -0.3 is 9.63 Å². The first-order valence-corrected chi connectivity index (χ1v) is 8.72. The molecule has 2 saturated carbocycles. The van der Waals surface area contributed by atoms with Gasteiger partial charge in [0.05, 0.1) is 17.6 Å². The summed E-state index contributed by atoms with van der Waals surface area (Å²) in [6, 6.07) is 0. The lowest BCUT2D eigenvalue weighted by molar-refractivity contribution is -0.139.